The second-order valence-electron chi connectivity index (χ2n) is 4.29. The molecule has 2 rings (SSSR count). The van der Waals surface area contributed by atoms with Gasteiger partial charge in [-0.25, -0.2) is 0 Å². The molecule has 0 aliphatic carbocycles. The number of thioether (sulfide) groups is 1. The molecule has 1 amide bonds. The number of methoxy groups -OCH3 is 1. The Morgan fingerprint density at radius 1 is 1.44 bits per heavy atom. The number of carbonyl (C=O) groups excluding carboxylic acids is 1. The summed E-state index contributed by atoms with van der Waals surface area (Å²) in [6.45, 7) is 2.83. The van der Waals surface area contributed by atoms with Crippen LogP contribution in [0, 0.1) is 5.92 Å². The van der Waals surface area contributed by atoms with E-state index in [1.54, 1.807) is 18.9 Å². The molecule has 1 aromatic carbocycles. The van der Waals surface area contributed by atoms with Crippen molar-refractivity contribution in [3.05, 3.63) is 24.3 Å². The van der Waals surface area contributed by atoms with Crippen molar-refractivity contribution in [3.63, 3.8) is 0 Å². The molecule has 1 heterocycles. The highest BCUT2D eigenvalue weighted by molar-refractivity contribution is 8.00. The number of rotatable bonds is 6. The first kappa shape index (κ1) is 13.2. The predicted molar refractivity (Wildman–Crippen MR) is 73.1 cm³/mol. The Hall–Kier alpha value is -1.20. The Labute approximate surface area is 111 Å². The molecule has 0 spiro atoms. The third-order valence-electron chi connectivity index (χ3n) is 2.88. The summed E-state index contributed by atoms with van der Waals surface area (Å²) >= 11 is 1.54. The van der Waals surface area contributed by atoms with Gasteiger partial charge in [0.25, 0.3) is 0 Å². The topological polar surface area (TPSA) is 50.4 Å². The van der Waals surface area contributed by atoms with Crippen LogP contribution in [0.3, 0.4) is 0 Å². The summed E-state index contributed by atoms with van der Waals surface area (Å²) in [6.07, 6.45) is 0. The number of amides is 1. The fourth-order valence-corrected chi connectivity index (χ4v) is 2.35. The average Bonchev–Trinajstić information content (AvgIpc) is 2.35. The van der Waals surface area contributed by atoms with Crippen LogP contribution in [0.1, 0.15) is 0 Å². The summed E-state index contributed by atoms with van der Waals surface area (Å²) in [5.41, 5.74) is 0. The van der Waals surface area contributed by atoms with Crippen LogP contribution >= 0.6 is 11.8 Å². The third-order valence-corrected chi connectivity index (χ3v) is 3.90. The summed E-state index contributed by atoms with van der Waals surface area (Å²) in [5.74, 6) is 2.01. The van der Waals surface area contributed by atoms with Crippen LogP contribution in [0.2, 0.25) is 0 Å². The number of nitrogens with one attached hydrogen (secondary N) is 2. The van der Waals surface area contributed by atoms with Gasteiger partial charge in [0.05, 0.1) is 12.9 Å². The van der Waals surface area contributed by atoms with Crippen molar-refractivity contribution in [1.82, 2.24) is 10.6 Å². The zero-order valence-electron chi connectivity index (χ0n) is 10.4. The van der Waals surface area contributed by atoms with Crippen LogP contribution < -0.4 is 15.4 Å². The molecule has 0 aromatic heterocycles. The first-order chi connectivity index (χ1) is 8.78. The number of hydrogen-bond acceptors (Lipinski definition) is 4. The molecule has 0 saturated carbocycles. The van der Waals surface area contributed by atoms with Crippen LogP contribution in [0.5, 0.6) is 5.75 Å². The van der Waals surface area contributed by atoms with E-state index in [0.29, 0.717) is 11.7 Å². The number of benzene rings is 1. The Balaban J connectivity index is 1.67. The van der Waals surface area contributed by atoms with Gasteiger partial charge in [-0.3, -0.25) is 4.79 Å². The second-order valence-corrected chi connectivity index (χ2v) is 5.34. The maximum atomic E-state index is 11.6. The Morgan fingerprint density at radius 3 is 2.72 bits per heavy atom. The van der Waals surface area contributed by atoms with Gasteiger partial charge in [-0.05, 0) is 24.3 Å². The summed E-state index contributed by atoms with van der Waals surface area (Å²) in [6, 6.07) is 7.74. The van der Waals surface area contributed by atoms with Crippen molar-refractivity contribution in [3.8, 4) is 5.75 Å². The van der Waals surface area contributed by atoms with Gasteiger partial charge in [0.2, 0.25) is 5.91 Å². The van der Waals surface area contributed by atoms with E-state index < -0.39 is 0 Å². The smallest absolute Gasteiger partial charge is 0.230 e. The average molecular weight is 266 g/mol. The Morgan fingerprint density at radius 2 is 2.17 bits per heavy atom. The van der Waals surface area contributed by atoms with Gasteiger partial charge in [-0.1, -0.05) is 0 Å². The zero-order valence-corrected chi connectivity index (χ0v) is 11.3. The summed E-state index contributed by atoms with van der Waals surface area (Å²) in [4.78, 5) is 12.7. The number of hydrogen-bond donors (Lipinski definition) is 2. The van der Waals surface area contributed by atoms with Crippen LogP contribution in [0.25, 0.3) is 0 Å². The van der Waals surface area contributed by atoms with Gasteiger partial charge in [-0.2, -0.15) is 0 Å². The van der Waals surface area contributed by atoms with Crippen molar-refractivity contribution in [2.45, 2.75) is 4.90 Å². The van der Waals surface area contributed by atoms with Gasteiger partial charge < -0.3 is 15.4 Å². The molecule has 2 N–H and O–H groups in total. The van der Waals surface area contributed by atoms with Gasteiger partial charge >= 0.3 is 0 Å². The molecule has 0 bridgehead atoms. The lowest BCUT2D eigenvalue weighted by Crippen LogP contribution is -2.48. The lowest BCUT2D eigenvalue weighted by molar-refractivity contribution is -0.118. The third kappa shape index (κ3) is 3.92. The van der Waals surface area contributed by atoms with Crippen molar-refractivity contribution in [1.29, 1.82) is 0 Å². The monoisotopic (exact) mass is 266 g/mol. The molecule has 5 heteroatoms. The van der Waals surface area contributed by atoms with E-state index in [1.807, 2.05) is 24.3 Å². The molecule has 1 aliphatic heterocycles. The molecule has 98 valence electrons. The van der Waals surface area contributed by atoms with Gasteiger partial charge in [-0.15, -0.1) is 11.8 Å². The molecule has 1 fully saturated rings. The van der Waals surface area contributed by atoms with E-state index in [4.69, 9.17) is 4.74 Å². The molecular weight excluding hydrogens is 248 g/mol. The van der Waals surface area contributed by atoms with Crippen LogP contribution in [0.4, 0.5) is 0 Å². The SMILES string of the molecule is COc1ccc(SCC(=O)NCC2CNC2)cc1. The predicted octanol–water partition coefficient (Wildman–Crippen LogP) is 1.12. The minimum Gasteiger partial charge on any atom is -0.497 e. The van der Waals surface area contributed by atoms with E-state index in [2.05, 4.69) is 10.6 Å². The largest absolute Gasteiger partial charge is 0.497 e. The molecule has 18 heavy (non-hydrogen) atoms. The lowest BCUT2D eigenvalue weighted by Gasteiger charge is -2.27. The van der Waals surface area contributed by atoms with Crippen molar-refractivity contribution in [2.24, 2.45) is 5.92 Å². The molecule has 1 aliphatic rings. The van der Waals surface area contributed by atoms with Crippen molar-refractivity contribution in [2.75, 3.05) is 32.5 Å². The number of ether oxygens (including phenoxy) is 1. The molecule has 1 aromatic rings. The molecule has 4 nitrogen and oxygen atoms in total. The summed E-state index contributed by atoms with van der Waals surface area (Å²) < 4.78 is 5.08. The Bertz CT molecular complexity index is 390. The molecule has 0 radical (unpaired) electrons. The first-order valence-corrected chi connectivity index (χ1v) is 7.01. The van der Waals surface area contributed by atoms with Gasteiger partial charge in [0.15, 0.2) is 0 Å². The van der Waals surface area contributed by atoms with Gasteiger partial charge in [0, 0.05) is 30.4 Å². The van der Waals surface area contributed by atoms with Crippen LogP contribution in [-0.2, 0) is 4.79 Å². The normalized spacial score (nSPS) is 14.9. The minimum atomic E-state index is 0.0997. The molecule has 0 unspecified atom stereocenters. The maximum Gasteiger partial charge on any atom is 0.230 e. The highest BCUT2D eigenvalue weighted by Crippen LogP contribution is 2.20. The van der Waals surface area contributed by atoms with E-state index in [0.717, 1.165) is 30.3 Å². The van der Waals surface area contributed by atoms with E-state index >= 15 is 0 Å². The molecular formula is C13H18N2O2S. The summed E-state index contributed by atoms with van der Waals surface area (Å²) in [7, 11) is 1.64. The number of carbonyl (C=O) groups is 1. The van der Waals surface area contributed by atoms with Crippen molar-refractivity contribution < 1.29 is 9.53 Å². The van der Waals surface area contributed by atoms with E-state index in [-0.39, 0.29) is 5.91 Å². The maximum absolute atomic E-state index is 11.6. The fraction of sp³-hybridized carbons (Fsp3) is 0.462. The summed E-state index contributed by atoms with van der Waals surface area (Å²) in [5, 5.41) is 6.14. The standard InChI is InChI=1S/C13H18N2O2S/c1-17-11-2-4-12(5-3-11)18-9-13(16)15-8-10-6-14-7-10/h2-5,10,14H,6-9H2,1H3,(H,15,16). The minimum absolute atomic E-state index is 0.0997. The quantitative estimate of drug-likeness (QED) is 0.758. The molecule has 0 atom stereocenters. The van der Waals surface area contributed by atoms with Crippen LogP contribution in [-0.4, -0.2) is 38.4 Å². The van der Waals surface area contributed by atoms with Crippen LogP contribution in [0.15, 0.2) is 29.2 Å². The fourth-order valence-electron chi connectivity index (χ4n) is 1.62. The van der Waals surface area contributed by atoms with E-state index in [1.165, 1.54) is 0 Å². The second kappa shape index (κ2) is 6.66. The Kier molecular flexibility index (Phi) is 4.90. The molecule has 1 saturated heterocycles. The van der Waals surface area contributed by atoms with Gasteiger partial charge in [0.1, 0.15) is 5.75 Å². The van der Waals surface area contributed by atoms with E-state index in [9.17, 15) is 4.79 Å². The highest BCUT2D eigenvalue weighted by Gasteiger charge is 2.16. The zero-order chi connectivity index (χ0) is 12.8. The lowest BCUT2D eigenvalue weighted by atomic mass is 10.0. The van der Waals surface area contributed by atoms with Crippen molar-refractivity contribution >= 4 is 17.7 Å². The first-order valence-electron chi connectivity index (χ1n) is 6.02. The highest BCUT2D eigenvalue weighted by atomic mass is 32.2.